The number of halogens is 9. The van der Waals surface area contributed by atoms with E-state index in [0.717, 1.165) is 0 Å². The van der Waals surface area contributed by atoms with Crippen LogP contribution in [0.4, 0.5) is 30.7 Å². The fourth-order valence-electron chi connectivity index (χ4n) is 2.49. The number of rotatable bonds is 2. The highest BCUT2D eigenvalue weighted by atomic mass is 79.9. The van der Waals surface area contributed by atoms with E-state index in [4.69, 9.17) is 5.26 Å². The average Bonchev–Trinajstić information content (AvgIpc) is 2.51. The van der Waals surface area contributed by atoms with Gasteiger partial charge in [-0.05, 0) is 16.6 Å². The Hall–Kier alpha value is -1.41. The van der Waals surface area contributed by atoms with Crippen LogP contribution in [0.25, 0.3) is 0 Å². The standard InChI is InChI=1S/C15H7Br2F7N2/c16-9-4-8(13(18,14(19,20)21)15(22,23)24)5-12(17,6-9)10-2-1-3-26-11(10)7-25/h1-5H,6H2. The van der Waals surface area contributed by atoms with E-state index in [0.29, 0.717) is 12.2 Å². The van der Waals surface area contributed by atoms with Crippen molar-refractivity contribution >= 4 is 31.9 Å². The van der Waals surface area contributed by atoms with Crippen molar-refractivity contribution in [3.8, 4) is 6.07 Å². The van der Waals surface area contributed by atoms with Crippen molar-refractivity contribution in [2.75, 3.05) is 0 Å². The Morgan fingerprint density at radius 2 is 1.69 bits per heavy atom. The van der Waals surface area contributed by atoms with Crippen LogP contribution in [0.5, 0.6) is 0 Å². The first-order valence-electron chi connectivity index (χ1n) is 6.72. The van der Waals surface area contributed by atoms with E-state index in [-0.39, 0.29) is 22.2 Å². The molecule has 2 rings (SSSR count). The first-order chi connectivity index (χ1) is 11.8. The molecule has 0 saturated carbocycles. The Balaban J connectivity index is 2.75. The molecule has 26 heavy (non-hydrogen) atoms. The molecule has 1 unspecified atom stereocenters. The number of alkyl halides is 8. The highest BCUT2D eigenvalue weighted by Crippen LogP contribution is 2.55. The smallest absolute Gasteiger partial charge is 0.245 e. The molecule has 0 aromatic carbocycles. The average molecular weight is 508 g/mol. The Kier molecular flexibility index (Phi) is 5.33. The largest absolute Gasteiger partial charge is 0.435 e. The Labute approximate surface area is 159 Å². The second-order valence-corrected chi connectivity index (χ2v) is 7.83. The van der Waals surface area contributed by atoms with Gasteiger partial charge in [-0.2, -0.15) is 31.6 Å². The summed E-state index contributed by atoms with van der Waals surface area (Å²) >= 11 is 5.92. The summed E-state index contributed by atoms with van der Waals surface area (Å²) in [6.07, 6.45) is -10.5. The van der Waals surface area contributed by atoms with Crippen molar-refractivity contribution in [3.63, 3.8) is 0 Å². The molecular formula is C15H7Br2F7N2. The van der Waals surface area contributed by atoms with E-state index in [1.54, 1.807) is 6.07 Å². The maximum atomic E-state index is 14.4. The van der Waals surface area contributed by atoms with Crippen molar-refractivity contribution < 1.29 is 30.7 Å². The fourth-order valence-corrected chi connectivity index (χ4v) is 4.43. The number of nitrogens with zero attached hydrogens (tertiary/aromatic N) is 2. The van der Waals surface area contributed by atoms with Gasteiger partial charge in [-0.3, -0.25) is 0 Å². The van der Waals surface area contributed by atoms with Gasteiger partial charge in [-0.1, -0.05) is 44.0 Å². The molecule has 0 aliphatic heterocycles. The van der Waals surface area contributed by atoms with Gasteiger partial charge in [-0.15, -0.1) is 0 Å². The molecule has 0 bridgehead atoms. The first kappa shape index (κ1) is 20.9. The van der Waals surface area contributed by atoms with Crippen molar-refractivity contribution in [2.45, 2.75) is 28.8 Å². The lowest BCUT2D eigenvalue weighted by Gasteiger charge is -2.36. The van der Waals surface area contributed by atoms with Crippen LogP contribution in [0.1, 0.15) is 17.7 Å². The summed E-state index contributed by atoms with van der Waals surface area (Å²) in [7, 11) is 0. The molecule has 1 aliphatic carbocycles. The van der Waals surface area contributed by atoms with E-state index < -0.39 is 27.9 Å². The van der Waals surface area contributed by atoms with Gasteiger partial charge < -0.3 is 0 Å². The van der Waals surface area contributed by atoms with Gasteiger partial charge in [0, 0.05) is 23.8 Å². The number of pyridine rings is 1. The van der Waals surface area contributed by atoms with Crippen LogP contribution in [-0.4, -0.2) is 23.0 Å². The van der Waals surface area contributed by atoms with Crippen LogP contribution in [0.3, 0.4) is 0 Å². The molecule has 1 atom stereocenters. The van der Waals surface area contributed by atoms with Gasteiger partial charge >= 0.3 is 18.0 Å². The fraction of sp³-hybridized carbons (Fsp3) is 0.333. The normalized spacial score (nSPS) is 21.7. The number of aromatic nitrogens is 1. The van der Waals surface area contributed by atoms with Crippen LogP contribution in [0.2, 0.25) is 0 Å². The molecule has 1 heterocycles. The summed E-state index contributed by atoms with van der Waals surface area (Å²) in [6, 6.07) is 4.37. The monoisotopic (exact) mass is 506 g/mol. The minimum absolute atomic E-state index is 0.0109. The molecule has 0 saturated heterocycles. The van der Waals surface area contributed by atoms with Crippen LogP contribution in [-0.2, 0) is 4.32 Å². The molecule has 0 spiro atoms. The minimum Gasteiger partial charge on any atom is -0.245 e. The number of allylic oxidation sites excluding steroid dienone is 4. The molecule has 1 aliphatic rings. The van der Waals surface area contributed by atoms with E-state index in [1.165, 1.54) is 18.3 Å². The molecule has 0 radical (unpaired) electrons. The first-order valence-corrected chi connectivity index (χ1v) is 8.31. The zero-order valence-electron chi connectivity index (χ0n) is 12.4. The van der Waals surface area contributed by atoms with Gasteiger partial charge in [-0.25, -0.2) is 9.37 Å². The van der Waals surface area contributed by atoms with Crippen LogP contribution < -0.4 is 0 Å². The lowest BCUT2D eigenvalue weighted by atomic mass is 9.82. The van der Waals surface area contributed by atoms with Crippen LogP contribution in [0, 0.1) is 11.3 Å². The molecule has 140 valence electrons. The van der Waals surface area contributed by atoms with Crippen molar-refractivity contribution in [1.82, 2.24) is 4.98 Å². The Morgan fingerprint density at radius 1 is 1.12 bits per heavy atom. The topological polar surface area (TPSA) is 36.7 Å². The van der Waals surface area contributed by atoms with E-state index >= 15 is 0 Å². The number of hydrogen-bond acceptors (Lipinski definition) is 2. The summed E-state index contributed by atoms with van der Waals surface area (Å²) < 4.78 is 90.9. The van der Waals surface area contributed by atoms with Crippen LogP contribution >= 0.6 is 31.9 Å². The van der Waals surface area contributed by atoms with Crippen LogP contribution in [0.15, 0.2) is 40.5 Å². The predicted molar refractivity (Wildman–Crippen MR) is 85.2 cm³/mol. The molecule has 2 nitrogen and oxygen atoms in total. The Bertz CT molecular complexity index is 807. The number of nitriles is 1. The minimum atomic E-state index is -6.24. The zero-order valence-corrected chi connectivity index (χ0v) is 15.6. The molecule has 0 fully saturated rings. The van der Waals surface area contributed by atoms with Gasteiger partial charge in [0.25, 0.3) is 0 Å². The van der Waals surface area contributed by atoms with Gasteiger partial charge in [0.1, 0.15) is 11.8 Å². The third kappa shape index (κ3) is 3.41. The van der Waals surface area contributed by atoms with Gasteiger partial charge in [0.15, 0.2) is 0 Å². The maximum absolute atomic E-state index is 14.4. The lowest BCUT2D eigenvalue weighted by molar-refractivity contribution is -0.325. The molecule has 1 aromatic heterocycles. The van der Waals surface area contributed by atoms with E-state index in [9.17, 15) is 30.7 Å². The summed E-state index contributed by atoms with van der Waals surface area (Å²) in [5.41, 5.74) is -7.42. The highest BCUT2D eigenvalue weighted by molar-refractivity contribution is 9.12. The van der Waals surface area contributed by atoms with Crippen molar-refractivity contribution in [2.24, 2.45) is 0 Å². The summed E-state index contributed by atoms with van der Waals surface area (Å²) in [4.78, 5) is 3.73. The summed E-state index contributed by atoms with van der Waals surface area (Å²) in [5, 5.41) is 9.10. The second-order valence-electron chi connectivity index (χ2n) is 5.40. The van der Waals surface area contributed by atoms with E-state index in [1.807, 2.05) is 0 Å². The molecule has 1 aromatic rings. The second kappa shape index (κ2) is 6.64. The molecule has 11 heteroatoms. The summed E-state index contributed by atoms with van der Waals surface area (Å²) in [5.74, 6) is 0. The molecule has 0 N–H and O–H groups in total. The molecule has 0 amide bonds. The Morgan fingerprint density at radius 3 is 2.19 bits per heavy atom. The highest BCUT2D eigenvalue weighted by Gasteiger charge is 2.74. The summed E-state index contributed by atoms with van der Waals surface area (Å²) in [6.45, 7) is 0. The van der Waals surface area contributed by atoms with Crippen molar-refractivity contribution in [3.05, 3.63) is 51.8 Å². The number of hydrogen-bond donors (Lipinski definition) is 0. The quantitative estimate of drug-likeness (QED) is 0.364. The third-order valence-electron chi connectivity index (χ3n) is 3.66. The van der Waals surface area contributed by atoms with Gasteiger partial charge in [0.05, 0.1) is 4.32 Å². The SMILES string of the molecule is N#Cc1ncccc1C1(Br)C=C(C(F)(C(F)(F)F)C(F)(F)F)C=C(Br)C1. The predicted octanol–water partition coefficient (Wildman–Crippen LogP) is 5.99. The third-order valence-corrected chi connectivity index (χ3v) is 5.11. The van der Waals surface area contributed by atoms with Gasteiger partial charge in [0.2, 0.25) is 0 Å². The van der Waals surface area contributed by atoms with E-state index in [2.05, 4.69) is 36.8 Å². The maximum Gasteiger partial charge on any atom is 0.435 e. The zero-order chi connectivity index (χ0) is 20.0. The lowest BCUT2D eigenvalue weighted by Crippen LogP contribution is -2.55. The molecular weight excluding hydrogens is 501 g/mol. The van der Waals surface area contributed by atoms with Crippen molar-refractivity contribution in [1.29, 1.82) is 5.26 Å².